The molecule has 0 aliphatic heterocycles. The van der Waals surface area contributed by atoms with Crippen molar-refractivity contribution in [3.05, 3.63) is 0 Å². The topological polar surface area (TPSA) is 17.1 Å². The molecule has 0 rings (SSSR count). The first kappa shape index (κ1) is 18.8. The van der Waals surface area contributed by atoms with Crippen molar-refractivity contribution < 1.29 is 4.79 Å². The summed E-state index contributed by atoms with van der Waals surface area (Å²) < 4.78 is 0. The van der Waals surface area contributed by atoms with Crippen LogP contribution in [0.2, 0.25) is 0 Å². The molecular formula is C14H30MgO. The summed E-state index contributed by atoms with van der Waals surface area (Å²) >= 11 is 0. The summed E-state index contributed by atoms with van der Waals surface area (Å²) in [6.45, 7) is 2.26. The third kappa shape index (κ3) is 16.9. The van der Waals surface area contributed by atoms with Gasteiger partial charge < -0.3 is 4.79 Å². The molecule has 0 fully saturated rings. The van der Waals surface area contributed by atoms with E-state index in [1.54, 1.807) is 0 Å². The number of unbranched alkanes of at least 4 members (excludes halogenated alkanes) is 11. The van der Waals surface area contributed by atoms with Gasteiger partial charge in [0.1, 0.15) is 6.29 Å². The van der Waals surface area contributed by atoms with E-state index in [1.165, 1.54) is 64.2 Å². The fourth-order valence-corrected chi connectivity index (χ4v) is 1.89. The molecule has 0 atom stereocenters. The van der Waals surface area contributed by atoms with E-state index in [2.05, 4.69) is 6.92 Å². The predicted octanol–water partition coefficient (Wildman–Crippen LogP) is 3.97. The molecule has 0 aromatic rings. The second-order valence-corrected chi connectivity index (χ2v) is 4.49. The average molecular weight is 239 g/mol. The van der Waals surface area contributed by atoms with E-state index in [-0.39, 0.29) is 23.1 Å². The number of aldehydes is 1. The molecule has 0 amide bonds. The number of carbonyl (C=O) groups is 1. The van der Waals surface area contributed by atoms with Crippen molar-refractivity contribution in [1.29, 1.82) is 0 Å². The lowest BCUT2D eigenvalue weighted by Crippen LogP contribution is -1.82. The van der Waals surface area contributed by atoms with Gasteiger partial charge in [-0.1, -0.05) is 71.1 Å². The molecule has 0 saturated heterocycles. The second-order valence-electron chi connectivity index (χ2n) is 4.49. The van der Waals surface area contributed by atoms with Crippen LogP contribution in [0.15, 0.2) is 0 Å². The minimum absolute atomic E-state index is 0. The van der Waals surface area contributed by atoms with Crippen LogP contribution in [-0.2, 0) is 4.79 Å². The van der Waals surface area contributed by atoms with Crippen molar-refractivity contribution in [2.45, 2.75) is 84.0 Å². The molecule has 0 aromatic carbocycles. The molecule has 0 spiro atoms. The first-order valence-electron chi connectivity index (χ1n) is 6.85. The van der Waals surface area contributed by atoms with Gasteiger partial charge in [-0.15, -0.1) is 0 Å². The highest BCUT2D eigenvalue weighted by atomic mass is 24.3. The lowest BCUT2D eigenvalue weighted by atomic mass is 10.1. The van der Waals surface area contributed by atoms with E-state index in [0.29, 0.717) is 0 Å². The van der Waals surface area contributed by atoms with E-state index >= 15 is 0 Å². The van der Waals surface area contributed by atoms with Gasteiger partial charge in [0.2, 0.25) is 0 Å². The largest absolute Gasteiger partial charge is 0.316 e. The summed E-state index contributed by atoms with van der Waals surface area (Å²) in [5.74, 6) is 0. The summed E-state index contributed by atoms with van der Waals surface area (Å²) in [4.78, 5) is 10.1. The molecular weight excluding hydrogens is 208 g/mol. The van der Waals surface area contributed by atoms with Crippen LogP contribution in [-0.4, -0.2) is 29.3 Å². The Labute approximate surface area is 118 Å². The number of rotatable bonds is 12. The zero-order chi connectivity index (χ0) is 11.2. The van der Waals surface area contributed by atoms with Crippen LogP contribution in [0.4, 0.5) is 0 Å². The summed E-state index contributed by atoms with van der Waals surface area (Å²) in [5.41, 5.74) is 0. The molecule has 0 N–H and O–H groups in total. The monoisotopic (exact) mass is 238 g/mol. The lowest BCUT2D eigenvalue weighted by molar-refractivity contribution is -0.107. The van der Waals surface area contributed by atoms with Gasteiger partial charge in [-0.25, -0.2) is 0 Å². The molecule has 0 bridgehead atoms. The van der Waals surface area contributed by atoms with Gasteiger partial charge >= 0.3 is 23.1 Å². The Hall–Kier alpha value is 0.436. The fraction of sp³-hybridized carbons (Fsp3) is 0.929. The van der Waals surface area contributed by atoms with Gasteiger partial charge in [-0.05, 0) is 6.42 Å². The maximum atomic E-state index is 10.1. The highest BCUT2D eigenvalue weighted by molar-refractivity contribution is 5.75. The Kier molecular flexibility index (Phi) is 20.9. The average Bonchev–Trinajstić information content (AvgIpc) is 2.26. The fourth-order valence-electron chi connectivity index (χ4n) is 1.89. The number of hydrogen-bond donors (Lipinski definition) is 0. The third-order valence-electron chi connectivity index (χ3n) is 2.93. The smallest absolute Gasteiger partial charge is 0.303 e. The van der Waals surface area contributed by atoms with Crippen molar-refractivity contribution >= 4 is 29.3 Å². The van der Waals surface area contributed by atoms with Gasteiger partial charge in [0.15, 0.2) is 0 Å². The van der Waals surface area contributed by atoms with Crippen molar-refractivity contribution in [3.63, 3.8) is 0 Å². The zero-order valence-electron chi connectivity index (χ0n) is 10.5. The maximum absolute atomic E-state index is 10.1. The summed E-state index contributed by atoms with van der Waals surface area (Å²) in [5, 5.41) is 0. The minimum atomic E-state index is 0. The quantitative estimate of drug-likeness (QED) is 0.286. The summed E-state index contributed by atoms with van der Waals surface area (Å²) in [6, 6.07) is 0. The van der Waals surface area contributed by atoms with Crippen molar-refractivity contribution in [1.82, 2.24) is 0 Å². The van der Waals surface area contributed by atoms with Crippen LogP contribution in [0.3, 0.4) is 0 Å². The van der Waals surface area contributed by atoms with Crippen molar-refractivity contribution in [3.8, 4) is 0 Å². The third-order valence-corrected chi connectivity index (χ3v) is 2.93. The molecule has 0 radical (unpaired) electrons. The summed E-state index contributed by atoms with van der Waals surface area (Å²) in [6.07, 6.45) is 16.7. The van der Waals surface area contributed by atoms with Crippen LogP contribution in [0.1, 0.15) is 84.0 Å². The van der Waals surface area contributed by atoms with Gasteiger partial charge in [0.05, 0.1) is 0 Å². The van der Waals surface area contributed by atoms with E-state index < -0.39 is 0 Å². The standard InChI is InChI=1S/C14H28O.Mg.2H/c1-2-3-4-5-6-7-8-9-10-11-12-13-14-15;;;/h14H,2-13H2,1H3;;;. The molecule has 0 aromatic heterocycles. The Balaban J connectivity index is 0. The molecule has 0 aliphatic rings. The van der Waals surface area contributed by atoms with Gasteiger partial charge in [-0.2, -0.15) is 0 Å². The molecule has 94 valence electrons. The van der Waals surface area contributed by atoms with E-state index in [0.717, 1.165) is 19.1 Å². The van der Waals surface area contributed by atoms with E-state index in [9.17, 15) is 4.79 Å². The molecule has 0 saturated carbocycles. The molecule has 0 aliphatic carbocycles. The predicted molar refractivity (Wildman–Crippen MR) is 75.7 cm³/mol. The van der Waals surface area contributed by atoms with Crippen LogP contribution in [0.5, 0.6) is 0 Å². The van der Waals surface area contributed by atoms with Crippen LogP contribution < -0.4 is 0 Å². The van der Waals surface area contributed by atoms with Gasteiger partial charge in [0, 0.05) is 6.42 Å². The first-order valence-corrected chi connectivity index (χ1v) is 6.85. The molecule has 0 unspecified atom stereocenters. The van der Waals surface area contributed by atoms with E-state index in [4.69, 9.17) is 0 Å². The molecule has 1 nitrogen and oxygen atoms in total. The zero-order valence-corrected chi connectivity index (χ0v) is 10.5. The van der Waals surface area contributed by atoms with Crippen LogP contribution in [0.25, 0.3) is 0 Å². The number of hydrogen-bond acceptors (Lipinski definition) is 1. The second kappa shape index (κ2) is 17.8. The van der Waals surface area contributed by atoms with Gasteiger partial charge in [0.25, 0.3) is 0 Å². The molecule has 16 heavy (non-hydrogen) atoms. The van der Waals surface area contributed by atoms with Crippen molar-refractivity contribution in [2.75, 3.05) is 0 Å². The van der Waals surface area contributed by atoms with Crippen LogP contribution >= 0.6 is 0 Å². The van der Waals surface area contributed by atoms with Crippen molar-refractivity contribution in [2.24, 2.45) is 0 Å². The Morgan fingerprint density at radius 3 is 1.44 bits per heavy atom. The lowest BCUT2D eigenvalue weighted by Gasteiger charge is -2.01. The SMILES string of the molecule is CCCCCCCCCCCCCC=O.[MgH2]. The Morgan fingerprint density at radius 1 is 0.688 bits per heavy atom. The van der Waals surface area contributed by atoms with Crippen LogP contribution in [0, 0.1) is 0 Å². The molecule has 2 heteroatoms. The normalized spacial score (nSPS) is 9.81. The minimum Gasteiger partial charge on any atom is -0.303 e. The maximum Gasteiger partial charge on any atom is 0.316 e. The Bertz CT molecular complexity index is 126. The Morgan fingerprint density at radius 2 is 1.06 bits per heavy atom. The number of carbonyl (C=O) groups excluding carboxylic acids is 1. The highest BCUT2D eigenvalue weighted by Gasteiger charge is 1.92. The molecule has 0 heterocycles. The highest BCUT2D eigenvalue weighted by Crippen LogP contribution is 2.11. The van der Waals surface area contributed by atoms with E-state index in [1.807, 2.05) is 0 Å². The van der Waals surface area contributed by atoms with Gasteiger partial charge in [-0.3, -0.25) is 0 Å². The summed E-state index contributed by atoms with van der Waals surface area (Å²) in [7, 11) is 0. The first-order chi connectivity index (χ1) is 7.41.